The van der Waals surface area contributed by atoms with Crippen LogP contribution in [0.3, 0.4) is 0 Å². The SMILES string of the molecule is CC1(C)c2ccccc2N2C3=Nc4ccccc4C4(c5ccccc5-c5ccccc54)N3c3cccc1c32. The molecule has 0 fully saturated rings. The van der Waals surface area contributed by atoms with Crippen molar-refractivity contribution in [2.45, 2.75) is 24.8 Å². The molecule has 0 amide bonds. The Hall–Kier alpha value is -4.63. The number of rotatable bonds is 0. The molecule has 1 spiro atoms. The third kappa shape index (κ3) is 2.10. The molecule has 4 aliphatic rings. The predicted molar refractivity (Wildman–Crippen MR) is 155 cm³/mol. The van der Waals surface area contributed by atoms with Crippen LogP contribution >= 0.6 is 0 Å². The molecular weight excluding hydrogens is 462 g/mol. The Morgan fingerprint density at radius 2 is 1.08 bits per heavy atom. The van der Waals surface area contributed by atoms with E-state index in [1.165, 1.54) is 56.0 Å². The Balaban J connectivity index is 1.48. The Kier molecular flexibility index (Phi) is 3.56. The highest BCUT2D eigenvalue weighted by molar-refractivity contribution is 6.25. The van der Waals surface area contributed by atoms with Crippen LogP contribution in [0.4, 0.5) is 22.7 Å². The van der Waals surface area contributed by atoms with Crippen LogP contribution < -0.4 is 9.80 Å². The van der Waals surface area contributed by atoms with Gasteiger partial charge in [0.15, 0.2) is 0 Å². The fourth-order valence-electron chi connectivity index (χ4n) is 7.61. The van der Waals surface area contributed by atoms with Gasteiger partial charge in [-0.05, 0) is 51.6 Å². The van der Waals surface area contributed by atoms with Crippen molar-refractivity contribution in [1.29, 1.82) is 0 Å². The van der Waals surface area contributed by atoms with Crippen molar-refractivity contribution in [2.24, 2.45) is 4.99 Å². The number of guanidine groups is 1. The minimum Gasteiger partial charge on any atom is -0.291 e. The zero-order valence-corrected chi connectivity index (χ0v) is 21.3. The smallest absolute Gasteiger partial charge is 0.217 e. The number of fused-ring (bicyclic) bond motifs is 13. The van der Waals surface area contributed by atoms with E-state index in [9.17, 15) is 0 Å². The first-order valence-corrected chi connectivity index (χ1v) is 13.3. The van der Waals surface area contributed by atoms with Crippen LogP contribution in [0, 0.1) is 0 Å². The van der Waals surface area contributed by atoms with Gasteiger partial charge >= 0.3 is 0 Å². The standard InChI is InChI=1S/C35H25N3/c1-34(2)27-17-8-10-20-30(27)37-32-28(34)18-11-21-31(32)38-33(37)36-29-19-9-7-16-26(29)35(38)24-14-5-3-12-22(24)23-13-4-6-15-25(23)35/h3-21H,1-2H3. The van der Waals surface area contributed by atoms with Crippen LogP contribution in [-0.2, 0) is 11.0 Å². The maximum atomic E-state index is 5.43. The first-order valence-electron chi connectivity index (χ1n) is 13.3. The Labute approximate surface area is 222 Å². The summed E-state index contributed by atoms with van der Waals surface area (Å²) in [6.45, 7) is 4.70. The van der Waals surface area contributed by atoms with Crippen LogP contribution in [0.2, 0.25) is 0 Å². The maximum absolute atomic E-state index is 5.43. The summed E-state index contributed by atoms with van der Waals surface area (Å²) in [5, 5.41) is 0. The van der Waals surface area contributed by atoms with Crippen molar-refractivity contribution in [3.05, 3.63) is 143 Å². The topological polar surface area (TPSA) is 18.8 Å². The second-order valence-electron chi connectivity index (χ2n) is 11.2. The number of anilines is 3. The van der Waals surface area contributed by atoms with Gasteiger partial charge in [0.1, 0.15) is 5.54 Å². The molecule has 9 rings (SSSR count). The largest absolute Gasteiger partial charge is 0.291 e. The second-order valence-corrected chi connectivity index (χ2v) is 11.2. The van der Waals surface area contributed by atoms with E-state index in [0.717, 1.165) is 11.6 Å². The van der Waals surface area contributed by atoms with E-state index in [2.05, 4.69) is 139 Å². The summed E-state index contributed by atoms with van der Waals surface area (Å²) in [4.78, 5) is 10.4. The molecule has 3 nitrogen and oxygen atoms in total. The molecule has 180 valence electrons. The average Bonchev–Trinajstić information content (AvgIpc) is 3.44. The number of aliphatic imine (C=N–C) groups is 1. The Bertz CT molecular complexity index is 1830. The summed E-state index contributed by atoms with van der Waals surface area (Å²) in [7, 11) is 0. The molecule has 0 saturated heterocycles. The molecule has 3 heteroatoms. The van der Waals surface area contributed by atoms with Gasteiger partial charge in [-0.3, -0.25) is 9.80 Å². The molecule has 5 aromatic carbocycles. The van der Waals surface area contributed by atoms with E-state index >= 15 is 0 Å². The summed E-state index contributed by atoms with van der Waals surface area (Å²) in [5.41, 5.74) is 13.2. The maximum Gasteiger partial charge on any atom is 0.217 e. The van der Waals surface area contributed by atoms with Crippen LogP contribution in [-0.4, -0.2) is 5.96 Å². The van der Waals surface area contributed by atoms with E-state index in [0.29, 0.717) is 0 Å². The number of nitrogens with zero attached hydrogens (tertiary/aromatic N) is 3. The van der Waals surface area contributed by atoms with Crippen molar-refractivity contribution in [3.63, 3.8) is 0 Å². The highest BCUT2D eigenvalue weighted by Gasteiger charge is 2.59. The highest BCUT2D eigenvalue weighted by Crippen LogP contribution is 2.64. The first kappa shape index (κ1) is 20.4. The van der Waals surface area contributed by atoms with Gasteiger partial charge in [0.25, 0.3) is 0 Å². The zero-order valence-electron chi connectivity index (χ0n) is 21.3. The summed E-state index contributed by atoms with van der Waals surface area (Å²) in [5.74, 6) is 0.973. The molecule has 38 heavy (non-hydrogen) atoms. The monoisotopic (exact) mass is 487 g/mol. The molecule has 0 unspecified atom stereocenters. The highest BCUT2D eigenvalue weighted by atomic mass is 15.5. The fraction of sp³-hybridized carbons (Fsp3) is 0.114. The van der Waals surface area contributed by atoms with E-state index in [4.69, 9.17) is 4.99 Å². The quantitative estimate of drug-likeness (QED) is 0.219. The number of hydrogen-bond donors (Lipinski definition) is 0. The van der Waals surface area contributed by atoms with Crippen molar-refractivity contribution in [3.8, 4) is 11.1 Å². The zero-order chi connectivity index (χ0) is 25.2. The van der Waals surface area contributed by atoms with E-state index in [1.807, 2.05) is 0 Å². The Morgan fingerprint density at radius 3 is 1.82 bits per heavy atom. The summed E-state index contributed by atoms with van der Waals surface area (Å²) >= 11 is 0. The van der Waals surface area contributed by atoms with Crippen molar-refractivity contribution in [1.82, 2.24) is 0 Å². The second kappa shape index (κ2) is 6.62. The molecule has 0 atom stereocenters. The van der Waals surface area contributed by atoms with Gasteiger partial charge in [-0.1, -0.05) is 111 Å². The van der Waals surface area contributed by atoms with Gasteiger partial charge in [-0.25, -0.2) is 4.99 Å². The van der Waals surface area contributed by atoms with E-state index in [-0.39, 0.29) is 5.41 Å². The lowest BCUT2D eigenvalue weighted by atomic mass is 9.73. The Morgan fingerprint density at radius 1 is 0.526 bits per heavy atom. The predicted octanol–water partition coefficient (Wildman–Crippen LogP) is 8.26. The molecular formula is C35H25N3. The van der Waals surface area contributed by atoms with Crippen molar-refractivity contribution < 1.29 is 0 Å². The van der Waals surface area contributed by atoms with Gasteiger partial charge < -0.3 is 0 Å². The normalized spacial score (nSPS) is 17.7. The average molecular weight is 488 g/mol. The lowest BCUT2D eigenvalue weighted by Crippen LogP contribution is -2.53. The number of benzene rings is 5. The lowest BCUT2D eigenvalue weighted by Gasteiger charge is -2.46. The third-order valence-electron chi connectivity index (χ3n) is 9.14. The number of para-hydroxylation sites is 3. The van der Waals surface area contributed by atoms with Gasteiger partial charge in [0.05, 0.1) is 22.7 Å². The molecule has 0 radical (unpaired) electrons. The van der Waals surface area contributed by atoms with Crippen molar-refractivity contribution >= 4 is 28.7 Å². The first-order chi connectivity index (χ1) is 18.6. The minimum absolute atomic E-state index is 0.126. The molecule has 1 aliphatic carbocycles. The minimum atomic E-state index is -0.521. The van der Waals surface area contributed by atoms with Gasteiger partial charge in [0.2, 0.25) is 5.96 Å². The fourth-order valence-corrected chi connectivity index (χ4v) is 7.61. The lowest BCUT2D eigenvalue weighted by molar-refractivity contribution is 0.634. The molecule has 3 aliphatic heterocycles. The van der Waals surface area contributed by atoms with Gasteiger partial charge in [-0.2, -0.15) is 0 Å². The van der Waals surface area contributed by atoms with Crippen LogP contribution in [0.25, 0.3) is 11.1 Å². The summed E-state index contributed by atoms with van der Waals surface area (Å²) in [6.07, 6.45) is 0. The van der Waals surface area contributed by atoms with E-state index < -0.39 is 5.54 Å². The molecule has 0 aromatic heterocycles. The summed E-state index contributed by atoms with van der Waals surface area (Å²) in [6, 6.07) is 42.3. The molecule has 0 saturated carbocycles. The summed E-state index contributed by atoms with van der Waals surface area (Å²) < 4.78 is 0. The van der Waals surface area contributed by atoms with Crippen LogP contribution in [0.5, 0.6) is 0 Å². The molecule has 0 bridgehead atoms. The molecule has 5 aromatic rings. The van der Waals surface area contributed by atoms with Crippen LogP contribution in [0.1, 0.15) is 41.7 Å². The van der Waals surface area contributed by atoms with Crippen LogP contribution in [0.15, 0.2) is 120 Å². The van der Waals surface area contributed by atoms with Crippen molar-refractivity contribution in [2.75, 3.05) is 9.80 Å². The van der Waals surface area contributed by atoms with Gasteiger partial charge in [-0.15, -0.1) is 0 Å². The van der Waals surface area contributed by atoms with E-state index in [1.54, 1.807) is 0 Å². The third-order valence-corrected chi connectivity index (χ3v) is 9.14. The number of hydrogen-bond acceptors (Lipinski definition) is 3. The molecule has 0 N–H and O–H groups in total. The van der Waals surface area contributed by atoms with Gasteiger partial charge in [0, 0.05) is 11.0 Å². The molecule has 3 heterocycles.